The molecule has 0 radical (unpaired) electrons. The van der Waals surface area contributed by atoms with Crippen molar-refractivity contribution in [1.82, 2.24) is 34.1 Å². The number of ether oxygens (including phenoxy) is 1. The number of hydrogen-bond donors (Lipinski definition) is 1. The second-order valence-electron chi connectivity index (χ2n) is 11.7. The molecule has 2 aliphatic rings. The van der Waals surface area contributed by atoms with Crippen molar-refractivity contribution in [3.63, 3.8) is 0 Å². The first kappa shape index (κ1) is 26.3. The maximum atomic E-state index is 11.2. The average molecular weight is 537 g/mol. The van der Waals surface area contributed by atoms with Crippen LogP contribution in [0.3, 0.4) is 0 Å². The van der Waals surface area contributed by atoms with E-state index >= 15 is 0 Å². The molecule has 5 rings (SSSR count). The van der Waals surface area contributed by atoms with Crippen LogP contribution >= 0.6 is 0 Å². The molecule has 1 aliphatic carbocycles. The van der Waals surface area contributed by atoms with Crippen LogP contribution in [0.25, 0.3) is 22.3 Å². The number of rotatable bonds is 9. The first-order valence-electron chi connectivity index (χ1n) is 13.2. The standard InChI is InChI=1S/C26H36N8O3Si/c1-38(2,3)13-12-37-19-33-7-4-22-23(28-18-29-24(22)33)20-16-30-34(17-20)26(5-6-27)14-21(15-26)31-8-10-32(11-9-31)25(35)36/h4,7,16-18,21H,5,8-15,19H2,1-3H3,(H,35,36). The summed E-state index contributed by atoms with van der Waals surface area (Å²) in [7, 11) is -1.14. The summed E-state index contributed by atoms with van der Waals surface area (Å²) < 4.78 is 9.89. The lowest BCUT2D eigenvalue weighted by molar-refractivity contribution is -0.0157. The molecule has 1 saturated heterocycles. The van der Waals surface area contributed by atoms with Gasteiger partial charge in [-0.3, -0.25) is 9.58 Å². The Morgan fingerprint density at radius 1 is 1.24 bits per heavy atom. The number of nitriles is 1. The van der Waals surface area contributed by atoms with Crippen LogP contribution in [0.4, 0.5) is 4.79 Å². The van der Waals surface area contributed by atoms with Gasteiger partial charge in [-0.2, -0.15) is 10.4 Å². The van der Waals surface area contributed by atoms with Crippen molar-refractivity contribution in [2.45, 2.75) is 63.3 Å². The zero-order chi connectivity index (χ0) is 26.9. The first-order chi connectivity index (χ1) is 18.2. The van der Waals surface area contributed by atoms with E-state index in [0.29, 0.717) is 32.3 Å². The molecule has 1 saturated carbocycles. The van der Waals surface area contributed by atoms with Crippen LogP contribution in [-0.2, 0) is 17.0 Å². The van der Waals surface area contributed by atoms with Crippen LogP contribution in [0.15, 0.2) is 31.0 Å². The highest BCUT2D eigenvalue weighted by Crippen LogP contribution is 2.45. The van der Waals surface area contributed by atoms with Gasteiger partial charge in [0.05, 0.1) is 29.9 Å². The van der Waals surface area contributed by atoms with Gasteiger partial charge < -0.3 is 19.3 Å². The van der Waals surface area contributed by atoms with Crippen molar-refractivity contribution in [1.29, 1.82) is 5.26 Å². The molecule has 4 heterocycles. The summed E-state index contributed by atoms with van der Waals surface area (Å²) in [5.74, 6) is 0. The van der Waals surface area contributed by atoms with E-state index in [4.69, 9.17) is 9.84 Å². The molecule has 1 amide bonds. The Hall–Kier alpha value is -3.27. The molecular weight excluding hydrogens is 500 g/mol. The molecule has 38 heavy (non-hydrogen) atoms. The van der Waals surface area contributed by atoms with Gasteiger partial charge in [0.1, 0.15) is 18.7 Å². The predicted octanol–water partition coefficient (Wildman–Crippen LogP) is 3.67. The van der Waals surface area contributed by atoms with Gasteiger partial charge in [0.2, 0.25) is 0 Å². The molecule has 11 nitrogen and oxygen atoms in total. The minimum Gasteiger partial charge on any atom is -0.465 e. The van der Waals surface area contributed by atoms with Gasteiger partial charge in [-0.1, -0.05) is 19.6 Å². The lowest BCUT2D eigenvalue weighted by Gasteiger charge is -2.52. The van der Waals surface area contributed by atoms with E-state index in [2.05, 4.69) is 40.6 Å². The van der Waals surface area contributed by atoms with Gasteiger partial charge in [0.25, 0.3) is 0 Å². The quantitative estimate of drug-likeness (QED) is 0.324. The van der Waals surface area contributed by atoms with Crippen molar-refractivity contribution in [2.75, 3.05) is 32.8 Å². The molecule has 3 aromatic rings. The van der Waals surface area contributed by atoms with E-state index in [-0.39, 0.29) is 5.54 Å². The molecule has 0 spiro atoms. The van der Waals surface area contributed by atoms with E-state index in [0.717, 1.165) is 60.9 Å². The highest BCUT2D eigenvalue weighted by molar-refractivity contribution is 6.76. The number of piperazine rings is 1. The molecule has 0 aromatic carbocycles. The van der Waals surface area contributed by atoms with Crippen molar-refractivity contribution in [2.24, 2.45) is 0 Å². The van der Waals surface area contributed by atoms with Crippen LogP contribution in [0.1, 0.15) is 19.3 Å². The van der Waals surface area contributed by atoms with Crippen molar-refractivity contribution >= 4 is 25.2 Å². The smallest absolute Gasteiger partial charge is 0.407 e. The van der Waals surface area contributed by atoms with Crippen molar-refractivity contribution in [3.8, 4) is 17.3 Å². The van der Waals surface area contributed by atoms with Crippen LogP contribution in [-0.4, -0.2) is 92.2 Å². The minimum absolute atomic E-state index is 0.327. The van der Waals surface area contributed by atoms with E-state index in [1.807, 2.05) is 33.9 Å². The maximum Gasteiger partial charge on any atom is 0.407 e. The largest absolute Gasteiger partial charge is 0.465 e. The summed E-state index contributed by atoms with van der Waals surface area (Å²) in [6.45, 7) is 10.7. The molecule has 0 unspecified atom stereocenters. The molecule has 0 atom stereocenters. The molecule has 2 fully saturated rings. The molecule has 3 aromatic heterocycles. The van der Waals surface area contributed by atoms with Gasteiger partial charge in [-0.05, 0) is 25.0 Å². The lowest BCUT2D eigenvalue weighted by atomic mass is 9.70. The first-order valence-corrected chi connectivity index (χ1v) is 16.9. The number of fused-ring (bicyclic) bond motifs is 1. The summed E-state index contributed by atoms with van der Waals surface area (Å²) in [5.41, 5.74) is 2.18. The Labute approximate surface area is 223 Å². The Bertz CT molecular complexity index is 1330. The lowest BCUT2D eigenvalue weighted by Crippen LogP contribution is -2.60. The molecule has 1 N–H and O–H groups in total. The monoisotopic (exact) mass is 536 g/mol. The Kier molecular flexibility index (Phi) is 7.26. The zero-order valence-electron chi connectivity index (χ0n) is 22.4. The number of carboxylic acid groups (broad SMARTS) is 1. The third-order valence-corrected chi connectivity index (χ3v) is 9.57. The Morgan fingerprint density at radius 3 is 2.68 bits per heavy atom. The summed E-state index contributed by atoms with van der Waals surface area (Å²) in [6.07, 6.45) is 8.54. The number of hydrogen-bond acceptors (Lipinski definition) is 7. The van der Waals surface area contributed by atoms with Crippen LogP contribution in [0.5, 0.6) is 0 Å². The minimum atomic E-state index is -1.14. The van der Waals surface area contributed by atoms with E-state index in [9.17, 15) is 15.2 Å². The molecule has 202 valence electrons. The fourth-order valence-corrected chi connectivity index (χ4v) is 6.25. The second-order valence-corrected chi connectivity index (χ2v) is 17.3. The third-order valence-electron chi connectivity index (χ3n) is 7.87. The maximum absolute atomic E-state index is 11.2. The fraction of sp³-hybridized carbons (Fsp3) is 0.577. The molecular formula is C26H36N8O3Si. The van der Waals surface area contributed by atoms with Gasteiger partial charge in [0, 0.05) is 70.2 Å². The normalized spacial score (nSPS) is 22.4. The number of nitrogens with zero attached hydrogens (tertiary/aromatic N) is 8. The molecule has 0 bridgehead atoms. The number of aromatic nitrogens is 5. The van der Waals surface area contributed by atoms with E-state index in [1.54, 1.807) is 6.33 Å². The highest BCUT2D eigenvalue weighted by Gasteiger charge is 2.49. The summed E-state index contributed by atoms with van der Waals surface area (Å²) in [4.78, 5) is 24.1. The van der Waals surface area contributed by atoms with Crippen LogP contribution in [0.2, 0.25) is 25.7 Å². The van der Waals surface area contributed by atoms with Crippen molar-refractivity contribution < 1.29 is 14.6 Å². The molecule has 12 heteroatoms. The van der Waals surface area contributed by atoms with E-state index < -0.39 is 14.2 Å². The number of carbonyl (C=O) groups is 1. The number of amides is 1. The van der Waals surface area contributed by atoms with Crippen molar-refractivity contribution in [3.05, 3.63) is 31.0 Å². The fourth-order valence-electron chi connectivity index (χ4n) is 5.50. The predicted molar refractivity (Wildman–Crippen MR) is 145 cm³/mol. The highest BCUT2D eigenvalue weighted by atomic mass is 28.3. The summed E-state index contributed by atoms with van der Waals surface area (Å²) in [5, 5.41) is 24.5. The molecule has 1 aliphatic heterocycles. The van der Waals surface area contributed by atoms with Gasteiger partial charge in [0.15, 0.2) is 0 Å². The summed E-state index contributed by atoms with van der Waals surface area (Å²) >= 11 is 0. The van der Waals surface area contributed by atoms with Gasteiger partial charge >= 0.3 is 6.09 Å². The average Bonchev–Trinajstić information content (AvgIpc) is 3.51. The van der Waals surface area contributed by atoms with Crippen LogP contribution in [0, 0.1) is 11.3 Å². The Morgan fingerprint density at radius 2 is 2.00 bits per heavy atom. The summed E-state index contributed by atoms with van der Waals surface area (Å²) in [6, 6.07) is 5.83. The Balaban J connectivity index is 1.28. The SMILES string of the molecule is C[Si](C)(C)CCOCn1ccc2c(-c3cnn(C4(CC#N)CC(N5CCN(C(=O)O)CC5)C4)c3)ncnc21. The topological polar surface area (TPSA) is 125 Å². The third kappa shape index (κ3) is 5.32. The van der Waals surface area contributed by atoms with E-state index in [1.165, 1.54) is 4.90 Å². The van der Waals surface area contributed by atoms with Gasteiger partial charge in [-0.25, -0.2) is 14.8 Å². The van der Waals surface area contributed by atoms with Crippen LogP contribution < -0.4 is 0 Å². The van der Waals surface area contributed by atoms with Gasteiger partial charge in [-0.15, -0.1) is 0 Å². The second kappa shape index (κ2) is 10.5. The zero-order valence-corrected chi connectivity index (χ0v) is 23.4.